The summed E-state index contributed by atoms with van der Waals surface area (Å²) in [5.41, 5.74) is 0.634. The van der Waals surface area contributed by atoms with Gasteiger partial charge in [0.1, 0.15) is 0 Å². The Balaban J connectivity index is 2.24. The zero-order valence-corrected chi connectivity index (χ0v) is 5.73. The Labute approximate surface area is 63.1 Å². The van der Waals surface area contributed by atoms with Gasteiger partial charge < -0.3 is 9.26 Å². The van der Waals surface area contributed by atoms with Crippen LogP contribution in [-0.2, 0) is 4.74 Å². The van der Waals surface area contributed by atoms with Gasteiger partial charge in [-0.25, -0.2) is 0 Å². The Bertz CT molecular complexity index is 287. The molecule has 1 aromatic heterocycles. The predicted octanol–water partition coefficient (Wildman–Crippen LogP) is 1.34. The quantitative estimate of drug-likeness (QED) is 0.606. The van der Waals surface area contributed by atoms with Gasteiger partial charge in [0.25, 0.3) is 0 Å². The van der Waals surface area contributed by atoms with Crippen molar-refractivity contribution < 1.29 is 9.26 Å². The fourth-order valence-electron chi connectivity index (χ4n) is 0.837. The van der Waals surface area contributed by atoms with Crippen molar-refractivity contribution in [3.63, 3.8) is 0 Å². The van der Waals surface area contributed by atoms with E-state index in [1.54, 1.807) is 6.26 Å². The lowest BCUT2D eigenvalue weighted by atomic mass is 10.3. The Kier molecular flexibility index (Phi) is 1.44. The van der Waals surface area contributed by atoms with Gasteiger partial charge in [-0.1, -0.05) is 0 Å². The predicted molar refractivity (Wildman–Crippen MR) is 37.1 cm³/mol. The van der Waals surface area contributed by atoms with Crippen molar-refractivity contribution >= 4 is 5.76 Å². The molecule has 0 N–H and O–H groups in total. The van der Waals surface area contributed by atoms with Crippen LogP contribution in [0.4, 0.5) is 0 Å². The summed E-state index contributed by atoms with van der Waals surface area (Å²) in [4.78, 5) is 0. The van der Waals surface area contributed by atoms with Crippen molar-refractivity contribution in [3.05, 3.63) is 30.4 Å². The lowest BCUT2D eigenvalue weighted by molar-refractivity contribution is 0.392. The van der Waals surface area contributed by atoms with Crippen LogP contribution >= 0.6 is 0 Å². The smallest absolute Gasteiger partial charge is 0.169 e. The van der Waals surface area contributed by atoms with Crippen molar-refractivity contribution in [2.75, 3.05) is 0 Å². The van der Waals surface area contributed by atoms with Crippen molar-refractivity contribution in [2.45, 2.75) is 6.42 Å². The molecule has 0 aromatic carbocycles. The standard InChI is InChI=1S/C7H6N2O2/c1-2-4-10-7(3-1)6-5-11-9-8-6/h2-5H,1H2. The third-order valence-electron chi connectivity index (χ3n) is 1.34. The minimum absolute atomic E-state index is 0.634. The highest BCUT2D eigenvalue weighted by Gasteiger charge is 2.07. The first kappa shape index (κ1) is 6.15. The first-order valence-electron chi connectivity index (χ1n) is 3.26. The normalized spacial score (nSPS) is 15.8. The van der Waals surface area contributed by atoms with Gasteiger partial charge in [-0.05, 0) is 18.6 Å². The molecule has 0 saturated heterocycles. The number of ether oxygens (including phenoxy) is 1. The summed E-state index contributed by atoms with van der Waals surface area (Å²) in [6.07, 6.45) is 7.77. The number of hydrogen-bond acceptors (Lipinski definition) is 4. The largest absolute Gasteiger partial charge is 0.463 e. The second kappa shape index (κ2) is 2.57. The zero-order valence-electron chi connectivity index (χ0n) is 5.73. The van der Waals surface area contributed by atoms with Crippen LogP contribution in [0.25, 0.3) is 5.76 Å². The third kappa shape index (κ3) is 1.14. The van der Waals surface area contributed by atoms with E-state index in [4.69, 9.17) is 4.74 Å². The van der Waals surface area contributed by atoms with Gasteiger partial charge in [0.2, 0.25) is 0 Å². The third-order valence-corrected chi connectivity index (χ3v) is 1.34. The molecule has 0 radical (unpaired) electrons. The second-order valence-corrected chi connectivity index (χ2v) is 2.08. The minimum atomic E-state index is 0.634. The lowest BCUT2D eigenvalue weighted by Gasteiger charge is -2.04. The fourth-order valence-corrected chi connectivity index (χ4v) is 0.837. The number of aromatic nitrogens is 2. The highest BCUT2D eigenvalue weighted by atomic mass is 16.5. The van der Waals surface area contributed by atoms with Crippen LogP contribution in [-0.4, -0.2) is 10.4 Å². The number of nitrogens with zero attached hydrogens (tertiary/aromatic N) is 2. The summed E-state index contributed by atoms with van der Waals surface area (Å²) in [5.74, 6) is 0.703. The Hall–Kier alpha value is -1.58. The van der Waals surface area contributed by atoms with E-state index in [0.717, 1.165) is 6.42 Å². The fraction of sp³-hybridized carbons (Fsp3) is 0.143. The van der Waals surface area contributed by atoms with E-state index < -0.39 is 0 Å². The summed E-state index contributed by atoms with van der Waals surface area (Å²) in [5, 5.41) is 7.02. The molecule has 0 atom stereocenters. The number of rotatable bonds is 1. The van der Waals surface area contributed by atoms with Crippen LogP contribution in [0.1, 0.15) is 12.1 Å². The van der Waals surface area contributed by atoms with E-state index in [-0.39, 0.29) is 0 Å². The maximum Gasteiger partial charge on any atom is 0.169 e. The van der Waals surface area contributed by atoms with Crippen LogP contribution in [0.2, 0.25) is 0 Å². The van der Waals surface area contributed by atoms with Gasteiger partial charge in [0.15, 0.2) is 17.7 Å². The molecule has 4 heteroatoms. The summed E-state index contributed by atoms with van der Waals surface area (Å²) >= 11 is 0. The molecule has 4 nitrogen and oxygen atoms in total. The molecule has 0 saturated carbocycles. The molecule has 56 valence electrons. The van der Waals surface area contributed by atoms with Gasteiger partial charge >= 0.3 is 0 Å². The molecular weight excluding hydrogens is 144 g/mol. The molecule has 0 fully saturated rings. The SMILES string of the molecule is C1=COC(c2conn2)=CC1. The molecule has 1 aliphatic heterocycles. The highest BCUT2D eigenvalue weighted by Crippen LogP contribution is 2.17. The van der Waals surface area contributed by atoms with Crippen LogP contribution in [0.3, 0.4) is 0 Å². The molecule has 0 spiro atoms. The monoisotopic (exact) mass is 150 g/mol. The summed E-state index contributed by atoms with van der Waals surface area (Å²) in [7, 11) is 0. The van der Waals surface area contributed by atoms with E-state index in [0.29, 0.717) is 11.5 Å². The Morgan fingerprint density at radius 2 is 2.45 bits per heavy atom. The van der Waals surface area contributed by atoms with E-state index in [9.17, 15) is 0 Å². The van der Waals surface area contributed by atoms with Crippen molar-refractivity contribution in [1.82, 2.24) is 10.4 Å². The first-order valence-corrected chi connectivity index (χ1v) is 3.26. The molecule has 11 heavy (non-hydrogen) atoms. The molecule has 2 rings (SSSR count). The molecule has 0 unspecified atom stereocenters. The second-order valence-electron chi connectivity index (χ2n) is 2.08. The first-order chi connectivity index (χ1) is 5.47. The van der Waals surface area contributed by atoms with Crippen molar-refractivity contribution in [2.24, 2.45) is 0 Å². The maximum absolute atomic E-state index is 5.14. The Morgan fingerprint density at radius 3 is 3.09 bits per heavy atom. The van der Waals surface area contributed by atoms with Crippen LogP contribution in [0.5, 0.6) is 0 Å². The van der Waals surface area contributed by atoms with Gasteiger partial charge in [-0.2, -0.15) is 0 Å². The number of hydrogen-bond donors (Lipinski definition) is 0. The van der Waals surface area contributed by atoms with Gasteiger partial charge in [-0.15, -0.1) is 5.10 Å². The molecule has 1 aliphatic rings. The topological polar surface area (TPSA) is 48.2 Å². The van der Waals surface area contributed by atoms with Gasteiger partial charge in [0.05, 0.1) is 6.26 Å². The van der Waals surface area contributed by atoms with Crippen molar-refractivity contribution in [3.8, 4) is 0 Å². The van der Waals surface area contributed by atoms with Crippen LogP contribution < -0.4 is 0 Å². The number of allylic oxidation sites excluding steroid dienone is 2. The highest BCUT2D eigenvalue weighted by molar-refractivity contribution is 5.56. The van der Waals surface area contributed by atoms with Crippen LogP contribution in [0.15, 0.2) is 29.2 Å². The lowest BCUT2D eigenvalue weighted by Crippen LogP contribution is -1.90. The Morgan fingerprint density at radius 1 is 1.45 bits per heavy atom. The molecule has 0 aliphatic carbocycles. The van der Waals surface area contributed by atoms with E-state index >= 15 is 0 Å². The average Bonchev–Trinajstić information content (AvgIpc) is 2.58. The molecule has 1 aromatic rings. The summed E-state index contributed by atoms with van der Waals surface area (Å²) < 4.78 is 9.70. The van der Waals surface area contributed by atoms with Crippen molar-refractivity contribution in [1.29, 1.82) is 0 Å². The van der Waals surface area contributed by atoms with E-state index in [1.807, 2.05) is 12.2 Å². The molecular formula is C7H6N2O2. The summed E-state index contributed by atoms with van der Waals surface area (Å²) in [6, 6.07) is 0. The van der Waals surface area contributed by atoms with Gasteiger partial charge in [0, 0.05) is 5.27 Å². The van der Waals surface area contributed by atoms with Crippen LogP contribution in [0, 0.1) is 0 Å². The van der Waals surface area contributed by atoms with Gasteiger partial charge in [-0.3, -0.25) is 0 Å². The zero-order chi connectivity index (χ0) is 7.52. The average molecular weight is 150 g/mol. The molecule has 0 bridgehead atoms. The molecule has 0 amide bonds. The van der Waals surface area contributed by atoms with E-state index in [2.05, 4.69) is 14.9 Å². The van der Waals surface area contributed by atoms with E-state index in [1.165, 1.54) is 6.26 Å². The minimum Gasteiger partial charge on any atom is -0.463 e. The molecule has 2 heterocycles. The summed E-state index contributed by atoms with van der Waals surface area (Å²) in [6.45, 7) is 0. The maximum atomic E-state index is 5.14.